The molecule has 18 heavy (non-hydrogen) atoms. The first-order valence-electron chi connectivity index (χ1n) is 6.14. The Bertz CT molecular complexity index is 550. The minimum atomic E-state index is 0.146. The molecule has 96 valence electrons. The zero-order chi connectivity index (χ0) is 13.3. The quantitative estimate of drug-likeness (QED) is 0.798. The van der Waals surface area contributed by atoms with Crippen molar-refractivity contribution in [1.29, 1.82) is 0 Å². The maximum absolute atomic E-state index is 5.85. The number of halogens is 1. The molecule has 0 spiro atoms. The Morgan fingerprint density at radius 2 is 2.00 bits per heavy atom. The van der Waals surface area contributed by atoms with Gasteiger partial charge in [-0.2, -0.15) is 0 Å². The first kappa shape index (κ1) is 13.2. The summed E-state index contributed by atoms with van der Waals surface area (Å²) in [5, 5.41) is 0. The monoisotopic (exact) mass is 262 g/mol. The van der Waals surface area contributed by atoms with Crippen LogP contribution in [0.1, 0.15) is 37.7 Å². The van der Waals surface area contributed by atoms with Crippen LogP contribution in [-0.2, 0) is 11.3 Å². The number of aryl methyl sites for hydroxylation is 1. The second-order valence-electron chi connectivity index (χ2n) is 5.62. The standard InChI is InChI=1S/C15H19ClN2/c1-10-13(9-16)18-14(17-10)11-6-5-7-12(8-11)15(2,3)4/h5-8H,9H2,1-4H3,(H,17,18). The van der Waals surface area contributed by atoms with E-state index in [1.807, 2.05) is 6.92 Å². The van der Waals surface area contributed by atoms with E-state index in [0.717, 1.165) is 22.8 Å². The number of alkyl halides is 1. The molecule has 2 aromatic rings. The largest absolute Gasteiger partial charge is 0.342 e. The average molecular weight is 263 g/mol. The van der Waals surface area contributed by atoms with Crippen LogP contribution < -0.4 is 0 Å². The molecule has 1 N–H and O–H groups in total. The zero-order valence-electron chi connectivity index (χ0n) is 11.3. The number of nitrogens with zero attached hydrogens (tertiary/aromatic N) is 1. The van der Waals surface area contributed by atoms with Crippen molar-refractivity contribution in [2.24, 2.45) is 0 Å². The second kappa shape index (κ2) is 4.77. The van der Waals surface area contributed by atoms with Crippen LogP contribution >= 0.6 is 11.6 Å². The molecule has 1 aromatic carbocycles. The van der Waals surface area contributed by atoms with Crippen molar-refractivity contribution in [3.63, 3.8) is 0 Å². The lowest BCUT2D eigenvalue weighted by atomic mass is 9.86. The predicted molar refractivity (Wildman–Crippen MR) is 77.0 cm³/mol. The summed E-state index contributed by atoms with van der Waals surface area (Å²) in [5.74, 6) is 1.34. The van der Waals surface area contributed by atoms with Gasteiger partial charge in [0.2, 0.25) is 0 Å². The Balaban J connectivity index is 2.44. The molecule has 0 saturated carbocycles. The first-order chi connectivity index (χ1) is 8.41. The highest BCUT2D eigenvalue weighted by atomic mass is 35.5. The van der Waals surface area contributed by atoms with Crippen molar-refractivity contribution in [3.8, 4) is 11.4 Å². The third-order valence-electron chi connectivity index (χ3n) is 3.11. The first-order valence-corrected chi connectivity index (χ1v) is 6.67. The van der Waals surface area contributed by atoms with Crippen molar-refractivity contribution >= 4 is 11.6 Å². The second-order valence-corrected chi connectivity index (χ2v) is 5.89. The number of benzene rings is 1. The molecule has 0 saturated heterocycles. The topological polar surface area (TPSA) is 28.7 Å². The molecule has 0 aliphatic carbocycles. The van der Waals surface area contributed by atoms with Crippen LogP contribution in [0.3, 0.4) is 0 Å². The molecular formula is C15H19ClN2. The van der Waals surface area contributed by atoms with E-state index < -0.39 is 0 Å². The highest BCUT2D eigenvalue weighted by Crippen LogP contribution is 2.27. The highest BCUT2D eigenvalue weighted by Gasteiger charge is 2.15. The van der Waals surface area contributed by atoms with Gasteiger partial charge >= 0.3 is 0 Å². The molecule has 0 atom stereocenters. The molecule has 1 aromatic heterocycles. The van der Waals surface area contributed by atoms with Gasteiger partial charge in [-0.15, -0.1) is 11.6 Å². The number of rotatable bonds is 2. The number of aromatic nitrogens is 2. The summed E-state index contributed by atoms with van der Waals surface area (Å²) in [6.07, 6.45) is 0. The maximum atomic E-state index is 5.85. The molecule has 0 fully saturated rings. The van der Waals surface area contributed by atoms with Crippen molar-refractivity contribution in [2.75, 3.05) is 0 Å². The number of nitrogens with one attached hydrogen (secondary N) is 1. The van der Waals surface area contributed by atoms with Gasteiger partial charge in [0.15, 0.2) is 0 Å². The van der Waals surface area contributed by atoms with Crippen LogP contribution in [0, 0.1) is 6.92 Å². The summed E-state index contributed by atoms with van der Waals surface area (Å²) in [5.41, 5.74) is 4.53. The Hall–Kier alpha value is -1.28. The summed E-state index contributed by atoms with van der Waals surface area (Å²) in [4.78, 5) is 7.83. The number of aromatic amines is 1. The Labute approximate surface area is 113 Å². The van der Waals surface area contributed by atoms with Crippen LogP contribution in [0.15, 0.2) is 24.3 Å². The molecular weight excluding hydrogens is 244 g/mol. The average Bonchev–Trinajstić information content (AvgIpc) is 2.70. The van der Waals surface area contributed by atoms with Gasteiger partial charge in [0, 0.05) is 11.3 Å². The van der Waals surface area contributed by atoms with Crippen LogP contribution in [0.25, 0.3) is 11.4 Å². The molecule has 3 heteroatoms. The Morgan fingerprint density at radius 3 is 2.56 bits per heavy atom. The fourth-order valence-electron chi connectivity index (χ4n) is 1.90. The van der Waals surface area contributed by atoms with Crippen LogP contribution in [0.5, 0.6) is 0 Å². The Morgan fingerprint density at radius 1 is 1.28 bits per heavy atom. The van der Waals surface area contributed by atoms with Crippen LogP contribution in [0.4, 0.5) is 0 Å². The summed E-state index contributed by atoms with van der Waals surface area (Å²) >= 11 is 5.85. The minimum Gasteiger partial charge on any atom is -0.342 e. The number of hydrogen-bond acceptors (Lipinski definition) is 1. The SMILES string of the molecule is Cc1[nH]c(-c2cccc(C(C)(C)C)c2)nc1CCl. The van der Waals surface area contributed by atoms with Crippen molar-refractivity contribution in [1.82, 2.24) is 9.97 Å². The van der Waals surface area contributed by atoms with Gasteiger partial charge in [0.05, 0.1) is 11.6 Å². The van der Waals surface area contributed by atoms with Gasteiger partial charge in [0.1, 0.15) is 5.82 Å². The summed E-state index contributed by atoms with van der Waals surface area (Å²) < 4.78 is 0. The molecule has 0 amide bonds. The van der Waals surface area contributed by atoms with E-state index in [0.29, 0.717) is 5.88 Å². The lowest BCUT2D eigenvalue weighted by Gasteiger charge is -2.19. The smallest absolute Gasteiger partial charge is 0.137 e. The molecule has 0 radical (unpaired) electrons. The highest BCUT2D eigenvalue weighted by molar-refractivity contribution is 6.17. The van der Waals surface area contributed by atoms with Gasteiger partial charge in [0.25, 0.3) is 0 Å². The van der Waals surface area contributed by atoms with Gasteiger partial charge < -0.3 is 4.98 Å². The third-order valence-corrected chi connectivity index (χ3v) is 3.37. The lowest BCUT2D eigenvalue weighted by Crippen LogP contribution is -2.10. The molecule has 2 rings (SSSR count). The maximum Gasteiger partial charge on any atom is 0.137 e. The Kier molecular flexibility index (Phi) is 3.49. The van der Waals surface area contributed by atoms with Crippen molar-refractivity contribution in [2.45, 2.75) is 39.0 Å². The third kappa shape index (κ3) is 2.59. The van der Waals surface area contributed by atoms with Gasteiger partial charge in [-0.25, -0.2) is 4.98 Å². The number of imidazole rings is 1. The normalized spacial score (nSPS) is 11.8. The summed E-state index contributed by atoms with van der Waals surface area (Å²) in [6.45, 7) is 8.64. The zero-order valence-corrected chi connectivity index (χ0v) is 12.1. The van der Waals surface area contributed by atoms with Crippen LogP contribution in [0.2, 0.25) is 0 Å². The van der Waals surface area contributed by atoms with E-state index in [1.165, 1.54) is 5.56 Å². The van der Waals surface area contributed by atoms with Crippen molar-refractivity contribution in [3.05, 3.63) is 41.2 Å². The minimum absolute atomic E-state index is 0.146. The summed E-state index contributed by atoms with van der Waals surface area (Å²) in [6, 6.07) is 8.50. The summed E-state index contributed by atoms with van der Waals surface area (Å²) in [7, 11) is 0. The van der Waals surface area contributed by atoms with E-state index in [4.69, 9.17) is 11.6 Å². The molecule has 2 nitrogen and oxygen atoms in total. The van der Waals surface area contributed by atoms with E-state index in [2.05, 4.69) is 55.0 Å². The van der Waals surface area contributed by atoms with Gasteiger partial charge in [-0.05, 0) is 24.0 Å². The lowest BCUT2D eigenvalue weighted by molar-refractivity contribution is 0.590. The molecule has 0 aliphatic rings. The number of H-pyrrole nitrogens is 1. The van der Waals surface area contributed by atoms with Gasteiger partial charge in [-0.1, -0.05) is 39.0 Å². The molecule has 1 heterocycles. The van der Waals surface area contributed by atoms with E-state index in [-0.39, 0.29) is 5.41 Å². The fraction of sp³-hybridized carbons (Fsp3) is 0.400. The van der Waals surface area contributed by atoms with E-state index in [1.54, 1.807) is 0 Å². The molecule has 0 bridgehead atoms. The van der Waals surface area contributed by atoms with E-state index in [9.17, 15) is 0 Å². The van der Waals surface area contributed by atoms with Crippen LogP contribution in [-0.4, -0.2) is 9.97 Å². The molecule has 0 unspecified atom stereocenters. The van der Waals surface area contributed by atoms with Crippen molar-refractivity contribution < 1.29 is 0 Å². The predicted octanol–water partition coefficient (Wildman–Crippen LogP) is 4.42. The molecule has 0 aliphatic heterocycles. The van der Waals surface area contributed by atoms with E-state index >= 15 is 0 Å². The fourth-order valence-corrected chi connectivity index (χ4v) is 2.16. The number of hydrogen-bond donors (Lipinski definition) is 1. The van der Waals surface area contributed by atoms with Gasteiger partial charge in [-0.3, -0.25) is 0 Å².